The number of benzene rings is 1. The minimum absolute atomic E-state index is 0.388. The molecule has 1 aromatic rings. The molecule has 1 aliphatic rings. The van der Waals surface area contributed by atoms with Crippen LogP contribution in [0.2, 0.25) is 0 Å². The number of rotatable bonds is 4. The lowest BCUT2D eigenvalue weighted by Gasteiger charge is -2.32. The summed E-state index contributed by atoms with van der Waals surface area (Å²) >= 11 is 0. The molecule has 1 aromatic carbocycles. The highest BCUT2D eigenvalue weighted by Crippen LogP contribution is 2.27. The first kappa shape index (κ1) is 16.4. The zero-order valence-electron chi connectivity index (χ0n) is 12.3. The lowest BCUT2D eigenvalue weighted by molar-refractivity contribution is 0.238. The summed E-state index contributed by atoms with van der Waals surface area (Å²) in [6.45, 7) is 6.29. The summed E-state index contributed by atoms with van der Waals surface area (Å²) in [6.07, 6.45) is 0.957. The molecule has 0 N–H and O–H groups in total. The van der Waals surface area contributed by atoms with Crippen LogP contribution in [0.4, 0.5) is 8.78 Å². The van der Waals surface area contributed by atoms with Gasteiger partial charge >= 0.3 is 0 Å². The largest absolute Gasteiger partial charge is 0.303 e. The maximum Gasteiger partial charge on any atom is 0.184 e. The number of sulfone groups is 1. The minimum Gasteiger partial charge on any atom is -0.303 e. The molecule has 1 fully saturated rings. The summed E-state index contributed by atoms with van der Waals surface area (Å²) in [5, 5.41) is -0.592. The standard InChI is InChI=1S/C15H20F2NO2S/c1-11(2)10-18-7-5-13(6-8-18)21(19,20)15-4-3-12(16)9-14(15)17/h3-4,9,13H,5-8,10H2,1-2H3. The van der Waals surface area contributed by atoms with E-state index in [-0.39, 0.29) is 4.90 Å². The second kappa shape index (κ2) is 6.40. The number of nitrogens with zero attached hydrogens (tertiary/aromatic N) is 1. The van der Waals surface area contributed by atoms with Gasteiger partial charge < -0.3 is 4.90 Å². The molecule has 3 nitrogen and oxygen atoms in total. The predicted molar refractivity (Wildman–Crippen MR) is 77.6 cm³/mol. The molecule has 0 saturated carbocycles. The molecule has 2 rings (SSSR count). The highest BCUT2D eigenvalue weighted by atomic mass is 32.2. The smallest absolute Gasteiger partial charge is 0.184 e. The molecule has 0 spiro atoms. The van der Waals surface area contributed by atoms with Crippen molar-refractivity contribution < 1.29 is 17.2 Å². The van der Waals surface area contributed by atoms with Gasteiger partial charge in [0, 0.05) is 12.6 Å². The van der Waals surface area contributed by atoms with Crippen molar-refractivity contribution in [2.45, 2.75) is 36.8 Å². The molecule has 0 unspecified atom stereocenters. The third-order valence-corrected chi connectivity index (χ3v) is 6.01. The van der Waals surface area contributed by atoms with Gasteiger partial charge in [-0.3, -0.25) is 0 Å². The molecule has 0 aromatic heterocycles. The second-order valence-electron chi connectivity index (χ2n) is 5.80. The third kappa shape index (κ3) is 3.80. The Labute approximate surface area is 124 Å². The van der Waals surface area contributed by atoms with Gasteiger partial charge in [-0.25, -0.2) is 17.2 Å². The van der Waals surface area contributed by atoms with Crippen LogP contribution in [-0.2, 0) is 9.84 Å². The van der Waals surface area contributed by atoms with Crippen LogP contribution in [0, 0.1) is 17.6 Å². The number of hydrogen-bond donors (Lipinski definition) is 0. The normalized spacial score (nSPS) is 18.3. The van der Waals surface area contributed by atoms with Gasteiger partial charge in [0.15, 0.2) is 9.84 Å². The first-order valence-electron chi connectivity index (χ1n) is 7.01. The van der Waals surface area contributed by atoms with E-state index in [4.69, 9.17) is 0 Å². The fourth-order valence-corrected chi connectivity index (χ4v) is 4.49. The second-order valence-corrected chi connectivity index (χ2v) is 8.00. The maximum atomic E-state index is 13.7. The number of likely N-dealkylation sites (tertiary alicyclic amines) is 1. The SMILES string of the molecule is C[C](C)CN1CCC(S(=O)(=O)c2ccc(F)cc2F)CC1. The molecule has 6 heteroatoms. The zero-order chi connectivity index (χ0) is 15.6. The van der Waals surface area contributed by atoms with Crippen molar-refractivity contribution in [2.24, 2.45) is 0 Å². The molecule has 21 heavy (non-hydrogen) atoms. The van der Waals surface area contributed by atoms with E-state index in [0.717, 1.165) is 18.7 Å². The van der Waals surface area contributed by atoms with Crippen LogP contribution < -0.4 is 0 Å². The van der Waals surface area contributed by atoms with Crippen molar-refractivity contribution in [3.8, 4) is 0 Å². The summed E-state index contributed by atoms with van der Waals surface area (Å²) in [6, 6.07) is 2.63. The fraction of sp³-hybridized carbons (Fsp3) is 0.533. The molecule has 1 aliphatic heterocycles. The Kier molecular flexibility index (Phi) is 4.99. The highest BCUT2D eigenvalue weighted by molar-refractivity contribution is 7.92. The van der Waals surface area contributed by atoms with Crippen LogP contribution in [0.1, 0.15) is 26.7 Å². The molecule has 0 atom stereocenters. The Balaban J connectivity index is 2.11. The van der Waals surface area contributed by atoms with Crippen molar-refractivity contribution in [1.29, 1.82) is 0 Å². The Morgan fingerprint density at radius 3 is 2.38 bits per heavy atom. The van der Waals surface area contributed by atoms with Crippen LogP contribution in [0.5, 0.6) is 0 Å². The van der Waals surface area contributed by atoms with E-state index in [1.54, 1.807) is 0 Å². The van der Waals surface area contributed by atoms with Crippen LogP contribution in [0.3, 0.4) is 0 Å². The van der Waals surface area contributed by atoms with Crippen molar-refractivity contribution in [2.75, 3.05) is 19.6 Å². The van der Waals surface area contributed by atoms with Crippen molar-refractivity contribution in [3.05, 3.63) is 35.8 Å². The molecule has 1 heterocycles. The lowest BCUT2D eigenvalue weighted by atomic mass is 10.1. The summed E-state index contributed by atoms with van der Waals surface area (Å²) < 4.78 is 51.5. The molecule has 0 aliphatic carbocycles. The van der Waals surface area contributed by atoms with Crippen molar-refractivity contribution in [3.63, 3.8) is 0 Å². The molecule has 1 saturated heterocycles. The summed E-state index contributed by atoms with van der Waals surface area (Å²) in [4.78, 5) is 1.81. The van der Waals surface area contributed by atoms with E-state index in [0.29, 0.717) is 32.0 Å². The Hall–Kier alpha value is -1.01. The summed E-state index contributed by atoms with van der Waals surface area (Å²) in [5.41, 5.74) is 0. The van der Waals surface area contributed by atoms with E-state index in [9.17, 15) is 17.2 Å². The highest BCUT2D eigenvalue weighted by Gasteiger charge is 2.33. The molecule has 0 amide bonds. The van der Waals surface area contributed by atoms with Crippen LogP contribution >= 0.6 is 0 Å². The molecule has 0 bridgehead atoms. The number of halogens is 2. The van der Waals surface area contributed by atoms with E-state index in [1.165, 1.54) is 5.92 Å². The van der Waals surface area contributed by atoms with Gasteiger partial charge in [0.25, 0.3) is 0 Å². The van der Waals surface area contributed by atoms with Crippen LogP contribution in [-0.4, -0.2) is 38.2 Å². The van der Waals surface area contributed by atoms with Crippen LogP contribution in [0.15, 0.2) is 23.1 Å². The fourth-order valence-electron chi connectivity index (χ4n) is 2.71. The molecular formula is C15H20F2NO2S. The summed E-state index contributed by atoms with van der Waals surface area (Å²) in [7, 11) is -3.74. The van der Waals surface area contributed by atoms with E-state index in [1.807, 2.05) is 13.8 Å². The van der Waals surface area contributed by atoms with Gasteiger partial charge in [0.1, 0.15) is 16.5 Å². The minimum atomic E-state index is -3.74. The molecule has 1 radical (unpaired) electrons. The third-order valence-electron chi connectivity index (χ3n) is 3.71. The number of piperidine rings is 1. The Bertz CT molecular complexity index is 594. The van der Waals surface area contributed by atoms with E-state index < -0.39 is 26.7 Å². The van der Waals surface area contributed by atoms with Gasteiger partial charge in [0.2, 0.25) is 0 Å². The average Bonchev–Trinajstić information content (AvgIpc) is 2.38. The lowest BCUT2D eigenvalue weighted by Crippen LogP contribution is -2.40. The van der Waals surface area contributed by atoms with Gasteiger partial charge in [0.05, 0.1) is 5.25 Å². The zero-order valence-corrected chi connectivity index (χ0v) is 13.1. The Morgan fingerprint density at radius 2 is 1.86 bits per heavy atom. The first-order valence-corrected chi connectivity index (χ1v) is 8.55. The van der Waals surface area contributed by atoms with Gasteiger partial charge in [-0.2, -0.15) is 0 Å². The first-order chi connectivity index (χ1) is 9.80. The molecule has 117 valence electrons. The van der Waals surface area contributed by atoms with E-state index >= 15 is 0 Å². The summed E-state index contributed by atoms with van der Waals surface area (Å²) in [5.74, 6) is -0.494. The van der Waals surface area contributed by atoms with E-state index in [2.05, 4.69) is 4.90 Å². The van der Waals surface area contributed by atoms with Crippen molar-refractivity contribution >= 4 is 9.84 Å². The van der Waals surface area contributed by atoms with Crippen LogP contribution in [0.25, 0.3) is 0 Å². The Morgan fingerprint density at radius 1 is 1.24 bits per heavy atom. The topological polar surface area (TPSA) is 37.4 Å². The monoisotopic (exact) mass is 316 g/mol. The quantitative estimate of drug-likeness (QED) is 0.802. The van der Waals surface area contributed by atoms with Crippen molar-refractivity contribution in [1.82, 2.24) is 4.90 Å². The van der Waals surface area contributed by atoms with Gasteiger partial charge in [-0.1, -0.05) is 13.8 Å². The maximum absolute atomic E-state index is 13.7. The van der Waals surface area contributed by atoms with Gasteiger partial charge in [-0.05, 0) is 44.0 Å². The predicted octanol–water partition coefficient (Wildman–Crippen LogP) is 2.82. The number of hydrogen-bond acceptors (Lipinski definition) is 3. The molecular weight excluding hydrogens is 296 g/mol. The average molecular weight is 316 g/mol. The van der Waals surface area contributed by atoms with Gasteiger partial charge in [-0.15, -0.1) is 0 Å².